The highest BCUT2D eigenvalue weighted by atomic mass is 32.2. The first-order valence-corrected chi connectivity index (χ1v) is 11.2. The van der Waals surface area contributed by atoms with E-state index in [-0.39, 0.29) is 5.57 Å². The van der Waals surface area contributed by atoms with Gasteiger partial charge in [0.15, 0.2) is 5.79 Å². The number of carbonyl (C=O) groups is 1. The van der Waals surface area contributed by atoms with Gasteiger partial charge in [-0.05, 0) is 48.0 Å². The van der Waals surface area contributed by atoms with Crippen LogP contribution < -0.4 is 0 Å². The van der Waals surface area contributed by atoms with E-state index in [1.807, 2.05) is 13.0 Å². The molecular formula is C19H30N2O7S. The molecule has 0 aromatic carbocycles. The number of hydrogen-bond acceptors (Lipinski definition) is 8. The molecule has 0 aliphatic carbocycles. The molecule has 0 spiro atoms. The maximum atomic E-state index is 13.1. The van der Waals surface area contributed by atoms with E-state index in [2.05, 4.69) is 0 Å². The van der Waals surface area contributed by atoms with Gasteiger partial charge in [0.05, 0.1) is 17.9 Å². The predicted octanol–water partition coefficient (Wildman–Crippen LogP) is 2.68. The Morgan fingerprint density at radius 1 is 1.31 bits per heavy atom. The van der Waals surface area contributed by atoms with Crippen LogP contribution in [0.1, 0.15) is 54.9 Å². The summed E-state index contributed by atoms with van der Waals surface area (Å²) < 4.78 is 45.5. The summed E-state index contributed by atoms with van der Waals surface area (Å²) in [5.41, 5.74) is -1.95. The van der Waals surface area contributed by atoms with E-state index < -0.39 is 51.4 Å². The Labute approximate surface area is 172 Å². The minimum Gasteiger partial charge on any atom is -0.444 e. The Morgan fingerprint density at radius 2 is 1.90 bits per heavy atom. The van der Waals surface area contributed by atoms with Crippen LogP contribution in [0.4, 0.5) is 4.79 Å². The number of ether oxygens (including phenoxy) is 3. The zero-order valence-corrected chi connectivity index (χ0v) is 19.0. The van der Waals surface area contributed by atoms with Gasteiger partial charge in [0.1, 0.15) is 35.7 Å². The van der Waals surface area contributed by atoms with Crippen LogP contribution in [0.3, 0.4) is 0 Å². The quantitative estimate of drug-likeness (QED) is 0.380. The summed E-state index contributed by atoms with van der Waals surface area (Å²) in [5.74, 6) is -0.941. The number of rotatable bonds is 4. The molecule has 2 fully saturated rings. The summed E-state index contributed by atoms with van der Waals surface area (Å²) in [6.45, 7) is 12.4. The lowest BCUT2D eigenvalue weighted by Gasteiger charge is -2.36. The van der Waals surface area contributed by atoms with Crippen molar-refractivity contribution in [1.82, 2.24) is 4.90 Å². The van der Waals surface area contributed by atoms with Gasteiger partial charge in [-0.25, -0.2) is 4.79 Å². The average molecular weight is 431 g/mol. The highest BCUT2D eigenvalue weighted by Crippen LogP contribution is 2.51. The molecule has 164 valence electrons. The number of nitriles is 1. The first kappa shape index (κ1) is 23.4. The lowest BCUT2D eigenvalue weighted by Crippen LogP contribution is -2.51. The zero-order valence-electron chi connectivity index (χ0n) is 18.2. The van der Waals surface area contributed by atoms with Crippen molar-refractivity contribution < 1.29 is 31.6 Å². The lowest BCUT2D eigenvalue weighted by molar-refractivity contribution is -0.179. The van der Waals surface area contributed by atoms with E-state index in [9.17, 15) is 18.5 Å². The van der Waals surface area contributed by atoms with Gasteiger partial charge in [0.2, 0.25) is 0 Å². The van der Waals surface area contributed by atoms with Gasteiger partial charge < -0.3 is 18.4 Å². The summed E-state index contributed by atoms with van der Waals surface area (Å²) in [6.07, 6.45) is 1.05. The second-order valence-electron chi connectivity index (χ2n) is 8.98. The van der Waals surface area contributed by atoms with Crippen LogP contribution in [0, 0.1) is 11.3 Å². The molecule has 0 saturated carbocycles. The van der Waals surface area contributed by atoms with Crippen molar-refractivity contribution in [2.45, 2.75) is 90.1 Å². The topological polar surface area (TPSA) is 115 Å². The van der Waals surface area contributed by atoms with Gasteiger partial charge in [-0.1, -0.05) is 6.92 Å². The number of nitrogens with zero attached hydrogens (tertiary/aromatic N) is 2. The van der Waals surface area contributed by atoms with Crippen molar-refractivity contribution >= 4 is 16.2 Å². The Morgan fingerprint density at radius 3 is 2.34 bits per heavy atom. The SMILES string of the molecule is CC[C@@H]1[C@H]2OC(C)(C)O[C@@]2(C)[C@H](/C(C#N)=C/OS(C)(=O)=O)N1C(=O)OC(C)(C)C. The molecule has 0 bridgehead atoms. The molecule has 0 radical (unpaired) electrons. The molecule has 4 atom stereocenters. The zero-order chi connectivity index (χ0) is 22.4. The minimum atomic E-state index is -3.84. The number of carbonyl (C=O) groups excluding carboxylic acids is 1. The summed E-state index contributed by atoms with van der Waals surface area (Å²) in [5, 5.41) is 9.77. The van der Waals surface area contributed by atoms with Gasteiger partial charge in [-0.2, -0.15) is 13.7 Å². The van der Waals surface area contributed by atoms with E-state index in [1.54, 1.807) is 41.5 Å². The van der Waals surface area contributed by atoms with E-state index >= 15 is 0 Å². The van der Waals surface area contributed by atoms with Crippen molar-refractivity contribution in [2.75, 3.05) is 6.26 Å². The Balaban J connectivity index is 2.60. The number of likely N-dealkylation sites (tertiary alicyclic amines) is 1. The van der Waals surface area contributed by atoms with Crippen molar-refractivity contribution in [1.29, 1.82) is 5.26 Å². The molecule has 2 aliphatic rings. The summed E-state index contributed by atoms with van der Waals surface area (Å²) in [4.78, 5) is 14.5. The second kappa shape index (κ2) is 7.45. The molecule has 2 saturated heterocycles. The molecule has 2 aliphatic heterocycles. The molecule has 2 heterocycles. The smallest absolute Gasteiger partial charge is 0.411 e. The van der Waals surface area contributed by atoms with Crippen LogP contribution in [0.15, 0.2) is 11.8 Å². The molecule has 0 N–H and O–H groups in total. The average Bonchev–Trinajstić information content (AvgIpc) is 2.89. The largest absolute Gasteiger partial charge is 0.444 e. The minimum absolute atomic E-state index is 0.0777. The van der Waals surface area contributed by atoms with Gasteiger partial charge >= 0.3 is 16.2 Å². The Kier molecular flexibility index (Phi) is 6.03. The van der Waals surface area contributed by atoms with E-state index in [0.29, 0.717) is 6.42 Å². The standard InChI is InChI=1S/C19H30N2O7S/c1-9-13-15-19(7,28-18(5,6)26-15)14(12(10-20)11-25-29(8,23)24)21(13)16(22)27-17(2,3)4/h11,13-15H,9H2,1-8H3/b12-11+/t13-,14+,15-,19+/m1/s1. The molecule has 0 aromatic rings. The third-order valence-corrected chi connectivity index (χ3v) is 5.21. The number of hydrogen-bond donors (Lipinski definition) is 0. The van der Waals surface area contributed by atoms with Crippen LogP contribution in [0.5, 0.6) is 0 Å². The van der Waals surface area contributed by atoms with Crippen LogP contribution in [0.25, 0.3) is 0 Å². The molecule has 10 heteroatoms. The van der Waals surface area contributed by atoms with Crippen LogP contribution in [-0.2, 0) is 28.5 Å². The Hall–Kier alpha value is -1.83. The first-order valence-electron chi connectivity index (χ1n) is 9.42. The van der Waals surface area contributed by atoms with E-state index in [0.717, 1.165) is 12.5 Å². The maximum Gasteiger partial charge on any atom is 0.411 e. The molecule has 0 aromatic heterocycles. The second-order valence-corrected chi connectivity index (χ2v) is 10.6. The Bertz CT molecular complexity index is 838. The highest BCUT2D eigenvalue weighted by molar-refractivity contribution is 7.86. The maximum absolute atomic E-state index is 13.1. The molecule has 29 heavy (non-hydrogen) atoms. The van der Waals surface area contributed by atoms with Gasteiger partial charge in [0, 0.05) is 0 Å². The fourth-order valence-electron chi connectivity index (χ4n) is 4.04. The fraction of sp³-hybridized carbons (Fsp3) is 0.789. The molecular weight excluding hydrogens is 400 g/mol. The molecule has 1 amide bonds. The summed E-state index contributed by atoms with van der Waals surface area (Å²) in [7, 11) is -3.84. The van der Waals surface area contributed by atoms with Crippen molar-refractivity contribution in [2.24, 2.45) is 0 Å². The third-order valence-electron chi connectivity index (χ3n) is 4.77. The lowest BCUT2D eigenvalue weighted by atomic mass is 9.88. The van der Waals surface area contributed by atoms with Crippen LogP contribution in [0.2, 0.25) is 0 Å². The van der Waals surface area contributed by atoms with Gasteiger partial charge in [-0.3, -0.25) is 4.90 Å². The number of fused-ring (bicyclic) bond motifs is 1. The first-order chi connectivity index (χ1) is 13.0. The highest BCUT2D eigenvalue weighted by Gasteiger charge is 2.67. The van der Waals surface area contributed by atoms with E-state index in [4.69, 9.17) is 18.4 Å². The fourth-order valence-corrected chi connectivity index (χ4v) is 4.31. The monoisotopic (exact) mass is 430 g/mol. The van der Waals surface area contributed by atoms with E-state index in [1.165, 1.54) is 4.90 Å². The van der Waals surface area contributed by atoms with Crippen molar-refractivity contribution in [3.8, 4) is 6.07 Å². The van der Waals surface area contributed by atoms with Crippen molar-refractivity contribution in [3.63, 3.8) is 0 Å². The predicted molar refractivity (Wildman–Crippen MR) is 104 cm³/mol. The number of amides is 1. The molecule has 2 rings (SSSR count). The molecule has 0 unspecified atom stereocenters. The van der Waals surface area contributed by atoms with Crippen molar-refractivity contribution in [3.05, 3.63) is 11.8 Å². The molecule has 9 nitrogen and oxygen atoms in total. The van der Waals surface area contributed by atoms with Gasteiger partial charge in [0.25, 0.3) is 0 Å². The van der Waals surface area contributed by atoms with Crippen LogP contribution in [-0.4, -0.2) is 60.8 Å². The normalized spacial score (nSPS) is 31.9. The van der Waals surface area contributed by atoms with Crippen LogP contribution >= 0.6 is 0 Å². The summed E-state index contributed by atoms with van der Waals surface area (Å²) >= 11 is 0. The third kappa shape index (κ3) is 4.85. The summed E-state index contributed by atoms with van der Waals surface area (Å²) in [6, 6.07) is 0.556. The van der Waals surface area contributed by atoms with Gasteiger partial charge in [-0.15, -0.1) is 0 Å².